The quantitative estimate of drug-likeness (QED) is 0.857. The van der Waals surface area contributed by atoms with E-state index in [1.54, 1.807) is 24.3 Å². The van der Waals surface area contributed by atoms with Gasteiger partial charge in [0, 0.05) is 17.1 Å². The number of benzene rings is 1. The Kier molecular flexibility index (Phi) is 3.98. The number of nitrogens with zero attached hydrogens (tertiary/aromatic N) is 2. The highest BCUT2D eigenvalue weighted by molar-refractivity contribution is 7.09. The molecule has 6 nitrogen and oxygen atoms in total. The fourth-order valence-corrected chi connectivity index (χ4v) is 1.69. The van der Waals surface area contributed by atoms with Gasteiger partial charge in [-0.15, -0.1) is 0 Å². The van der Waals surface area contributed by atoms with Crippen molar-refractivity contribution in [1.82, 2.24) is 14.7 Å². The van der Waals surface area contributed by atoms with Gasteiger partial charge in [-0.05, 0) is 12.1 Å². The van der Waals surface area contributed by atoms with E-state index in [2.05, 4.69) is 20.0 Å². The molecular formula is C11H10N4O2S. The van der Waals surface area contributed by atoms with Crippen LogP contribution in [0.15, 0.2) is 36.7 Å². The topological polar surface area (TPSA) is 84.0 Å². The lowest BCUT2D eigenvalue weighted by atomic mass is 10.2. The van der Waals surface area contributed by atoms with Gasteiger partial charge in [-0.1, -0.05) is 18.2 Å². The van der Waals surface area contributed by atoms with E-state index in [-0.39, 0.29) is 18.4 Å². The summed E-state index contributed by atoms with van der Waals surface area (Å²) < 4.78 is 3.75. The van der Waals surface area contributed by atoms with Gasteiger partial charge in [0.25, 0.3) is 5.91 Å². The molecule has 0 atom stereocenters. The second-order valence-electron chi connectivity index (χ2n) is 3.34. The maximum atomic E-state index is 11.6. The van der Waals surface area contributed by atoms with Gasteiger partial charge in [-0.25, -0.2) is 4.98 Å². The monoisotopic (exact) mass is 262 g/mol. The van der Waals surface area contributed by atoms with E-state index >= 15 is 0 Å². The normalized spacial score (nSPS) is 9.78. The molecule has 0 aliphatic rings. The summed E-state index contributed by atoms with van der Waals surface area (Å²) in [6.45, 7) is -0.104. The molecule has 0 saturated carbocycles. The van der Waals surface area contributed by atoms with E-state index in [0.717, 1.165) is 11.5 Å². The largest absolute Gasteiger partial charge is 0.343 e. The zero-order chi connectivity index (χ0) is 12.8. The molecule has 2 rings (SSSR count). The van der Waals surface area contributed by atoms with Gasteiger partial charge >= 0.3 is 0 Å². The predicted molar refractivity (Wildman–Crippen MR) is 67.3 cm³/mol. The van der Waals surface area contributed by atoms with Gasteiger partial charge in [0.1, 0.15) is 6.33 Å². The minimum absolute atomic E-state index is 0.104. The maximum absolute atomic E-state index is 11.6. The van der Waals surface area contributed by atoms with Crippen molar-refractivity contribution in [1.29, 1.82) is 0 Å². The first-order chi connectivity index (χ1) is 8.75. The Hall–Kier alpha value is -2.28. The molecule has 7 heteroatoms. The third-order valence-corrected chi connectivity index (χ3v) is 2.63. The van der Waals surface area contributed by atoms with Crippen molar-refractivity contribution in [2.24, 2.45) is 0 Å². The van der Waals surface area contributed by atoms with Gasteiger partial charge in [0.2, 0.25) is 11.0 Å². The molecular weight excluding hydrogens is 252 g/mol. The molecule has 0 spiro atoms. The van der Waals surface area contributed by atoms with E-state index in [4.69, 9.17) is 0 Å². The lowest BCUT2D eigenvalue weighted by molar-refractivity contribution is -0.115. The average Bonchev–Trinajstić information content (AvgIpc) is 2.90. The van der Waals surface area contributed by atoms with E-state index in [0.29, 0.717) is 10.7 Å². The van der Waals surface area contributed by atoms with Gasteiger partial charge in [0.15, 0.2) is 0 Å². The van der Waals surface area contributed by atoms with Crippen LogP contribution in [0.25, 0.3) is 0 Å². The van der Waals surface area contributed by atoms with Crippen LogP contribution in [0.1, 0.15) is 10.4 Å². The van der Waals surface area contributed by atoms with Crippen LogP contribution in [0.3, 0.4) is 0 Å². The van der Waals surface area contributed by atoms with Crippen LogP contribution < -0.4 is 10.6 Å². The number of rotatable bonds is 4. The molecule has 0 unspecified atom stereocenters. The van der Waals surface area contributed by atoms with Crippen molar-refractivity contribution in [2.75, 3.05) is 11.9 Å². The van der Waals surface area contributed by atoms with E-state index in [1.165, 1.54) is 6.33 Å². The van der Waals surface area contributed by atoms with Crippen LogP contribution in [-0.2, 0) is 4.79 Å². The van der Waals surface area contributed by atoms with Gasteiger partial charge < -0.3 is 5.32 Å². The summed E-state index contributed by atoms with van der Waals surface area (Å²) in [5.41, 5.74) is 0.515. The third-order valence-electron chi connectivity index (χ3n) is 2.05. The molecule has 1 aromatic heterocycles. The zero-order valence-corrected chi connectivity index (χ0v) is 10.1. The first-order valence-corrected chi connectivity index (χ1v) is 5.93. The minimum Gasteiger partial charge on any atom is -0.343 e. The summed E-state index contributed by atoms with van der Waals surface area (Å²) in [5.74, 6) is -0.626. The summed E-state index contributed by atoms with van der Waals surface area (Å²) in [6.07, 6.45) is 1.35. The van der Waals surface area contributed by atoms with E-state index < -0.39 is 0 Å². The second kappa shape index (κ2) is 5.87. The van der Waals surface area contributed by atoms with Crippen LogP contribution >= 0.6 is 11.5 Å². The molecule has 18 heavy (non-hydrogen) atoms. The summed E-state index contributed by atoms with van der Waals surface area (Å²) >= 11 is 1.08. The number of carbonyl (C=O) groups is 2. The molecule has 92 valence electrons. The van der Waals surface area contributed by atoms with Crippen molar-refractivity contribution < 1.29 is 9.59 Å². The zero-order valence-electron chi connectivity index (χ0n) is 9.29. The highest BCUT2D eigenvalue weighted by Gasteiger charge is 2.08. The number of amides is 2. The first kappa shape index (κ1) is 12.2. The highest BCUT2D eigenvalue weighted by Crippen LogP contribution is 2.05. The summed E-state index contributed by atoms with van der Waals surface area (Å²) in [4.78, 5) is 26.9. The van der Waals surface area contributed by atoms with Crippen molar-refractivity contribution in [2.45, 2.75) is 0 Å². The molecule has 0 bridgehead atoms. The number of nitrogens with one attached hydrogen (secondary N) is 2. The third kappa shape index (κ3) is 3.36. The fraction of sp³-hybridized carbons (Fsp3) is 0.0909. The summed E-state index contributed by atoms with van der Waals surface area (Å²) in [6, 6.07) is 8.70. The summed E-state index contributed by atoms with van der Waals surface area (Å²) in [7, 11) is 0. The smallest absolute Gasteiger partial charge is 0.251 e. The Labute approximate surface area is 107 Å². The molecule has 2 amide bonds. The van der Waals surface area contributed by atoms with Crippen molar-refractivity contribution in [3.8, 4) is 0 Å². The second-order valence-corrected chi connectivity index (χ2v) is 4.12. The molecule has 1 aromatic carbocycles. The fourth-order valence-electron chi connectivity index (χ4n) is 1.24. The molecule has 0 aliphatic carbocycles. The Morgan fingerprint density at radius 1 is 1.22 bits per heavy atom. The van der Waals surface area contributed by atoms with Crippen LogP contribution in [-0.4, -0.2) is 27.7 Å². The van der Waals surface area contributed by atoms with Crippen LogP contribution in [0, 0.1) is 0 Å². The molecule has 0 fully saturated rings. The van der Waals surface area contributed by atoms with Crippen LogP contribution in [0.5, 0.6) is 0 Å². The SMILES string of the molecule is O=C(CNC(=O)c1ccccc1)Nc1ncns1. The van der Waals surface area contributed by atoms with Crippen molar-refractivity contribution >= 4 is 28.5 Å². The molecule has 0 saturated heterocycles. The Balaban J connectivity index is 1.81. The number of anilines is 1. The van der Waals surface area contributed by atoms with Crippen molar-refractivity contribution in [3.63, 3.8) is 0 Å². The Morgan fingerprint density at radius 2 is 2.00 bits per heavy atom. The van der Waals surface area contributed by atoms with E-state index in [9.17, 15) is 9.59 Å². The number of carbonyl (C=O) groups excluding carboxylic acids is 2. The van der Waals surface area contributed by atoms with Crippen LogP contribution in [0.2, 0.25) is 0 Å². The first-order valence-electron chi connectivity index (χ1n) is 5.15. The predicted octanol–water partition coefficient (Wildman–Crippen LogP) is 0.907. The Bertz CT molecular complexity index is 527. The van der Waals surface area contributed by atoms with Crippen LogP contribution in [0.4, 0.5) is 5.13 Å². The molecule has 2 aromatic rings. The average molecular weight is 262 g/mol. The maximum Gasteiger partial charge on any atom is 0.251 e. The molecule has 2 N–H and O–H groups in total. The molecule has 0 radical (unpaired) electrons. The van der Waals surface area contributed by atoms with Gasteiger partial charge in [-0.3, -0.25) is 14.9 Å². The lowest BCUT2D eigenvalue weighted by Crippen LogP contribution is -2.32. The number of aromatic nitrogens is 2. The molecule has 0 aliphatic heterocycles. The number of hydrogen-bond acceptors (Lipinski definition) is 5. The lowest BCUT2D eigenvalue weighted by Gasteiger charge is -2.04. The Morgan fingerprint density at radius 3 is 2.67 bits per heavy atom. The summed E-state index contributed by atoms with van der Waals surface area (Å²) in [5, 5.41) is 5.45. The van der Waals surface area contributed by atoms with Crippen molar-refractivity contribution in [3.05, 3.63) is 42.2 Å². The van der Waals surface area contributed by atoms with Gasteiger partial charge in [0.05, 0.1) is 6.54 Å². The highest BCUT2D eigenvalue weighted by atomic mass is 32.1. The molecule has 1 heterocycles. The minimum atomic E-state index is -0.337. The van der Waals surface area contributed by atoms with E-state index in [1.807, 2.05) is 6.07 Å². The standard InChI is InChI=1S/C11H10N4O2S/c16-9(15-11-13-7-14-18-11)6-12-10(17)8-4-2-1-3-5-8/h1-5,7H,6H2,(H,12,17)(H,13,14,15,16). The number of hydrogen-bond donors (Lipinski definition) is 2. The van der Waals surface area contributed by atoms with Gasteiger partial charge in [-0.2, -0.15) is 4.37 Å².